The maximum Gasteiger partial charge on any atom is 0.254 e. The number of hydrogen-bond donors (Lipinski definition) is 2. The van der Waals surface area contributed by atoms with E-state index in [0.717, 1.165) is 0 Å². The summed E-state index contributed by atoms with van der Waals surface area (Å²) >= 11 is 0. The summed E-state index contributed by atoms with van der Waals surface area (Å²) in [5.41, 5.74) is 0.361. The molecule has 1 aromatic carbocycles. The van der Waals surface area contributed by atoms with Crippen LogP contribution in [0, 0.1) is 0 Å². The fourth-order valence-corrected chi connectivity index (χ4v) is 2.40. The predicted octanol–water partition coefficient (Wildman–Crippen LogP) is 0.850. The van der Waals surface area contributed by atoms with Gasteiger partial charge >= 0.3 is 0 Å². The molecule has 1 amide bonds. The number of phenolic OH excluding ortho intramolecular Hbond substituents is 2. The average Bonchev–Trinajstić information content (AvgIpc) is 2.58. The number of rotatable bonds is 2. The van der Waals surface area contributed by atoms with Gasteiger partial charge in [-0.1, -0.05) is 0 Å². The molecule has 114 valence electrons. The van der Waals surface area contributed by atoms with Crippen molar-refractivity contribution in [3.63, 3.8) is 0 Å². The van der Waals surface area contributed by atoms with Gasteiger partial charge in [0.15, 0.2) is 11.5 Å². The quantitative estimate of drug-likeness (QED) is 0.799. The number of piperazine rings is 1. The highest BCUT2D eigenvalue weighted by Gasteiger charge is 2.23. The molecule has 0 saturated carbocycles. The molecule has 1 aromatic heterocycles. The number of phenols is 2. The Morgan fingerprint density at radius 2 is 1.68 bits per heavy atom. The minimum atomic E-state index is -0.290. The molecule has 2 aromatic rings. The van der Waals surface area contributed by atoms with Gasteiger partial charge in [-0.2, -0.15) is 0 Å². The van der Waals surface area contributed by atoms with Gasteiger partial charge in [-0.25, -0.2) is 9.97 Å². The first-order chi connectivity index (χ1) is 10.6. The highest BCUT2D eigenvalue weighted by molar-refractivity contribution is 5.95. The first-order valence-electron chi connectivity index (χ1n) is 6.98. The summed E-state index contributed by atoms with van der Waals surface area (Å²) in [6.45, 7) is 2.41. The second-order valence-electron chi connectivity index (χ2n) is 5.03. The number of hydrogen-bond acceptors (Lipinski definition) is 6. The van der Waals surface area contributed by atoms with Gasteiger partial charge < -0.3 is 20.0 Å². The number of amides is 1. The van der Waals surface area contributed by atoms with Crippen LogP contribution < -0.4 is 4.90 Å². The number of benzene rings is 1. The molecule has 1 aliphatic heterocycles. The molecule has 2 heterocycles. The van der Waals surface area contributed by atoms with Gasteiger partial charge in [0.05, 0.1) is 0 Å². The van der Waals surface area contributed by atoms with Gasteiger partial charge in [-0.05, 0) is 24.3 Å². The molecule has 3 rings (SSSR count). The Balaban J connectivity index is 1.66. The smallest absolute Gasteiger partial charge is 0.254 e. The highest BCUT2D eigenvalue weighted by atomic mass is 16.3. The lowest BCUT2D eigenvalue weighted by Crippen LogP contribution is -2.49. The fourth-order valence-electron chi connectivity index (χ4n) is 2.40. The molecule has 1 saturated heterocycles. The number of aromatic nitrogens is 2. The standard InChI is InChI=1S/C15H16N4O3/c20-12-3-2-11(10-13(12)21)14(22)18-6-8-19(9-7-18)15-16-4-1-5-17-15/h1-5,10,20-21H,6-9H2. The fraction of sp³-hybridized carbons (Fsp3) is 0.267. The van der Waals surface area contributed by atoms with E-state index >= 15 is 0 Å². The van der Waals surface area contributed by atoms with Crippen LogP contribution in [0.1, 0.15) is 10.4 Å². The molecule has 0 atom stereocenters. The van der Waals surface area contributed by atoms with Crippen LogP contribution in [0.5, 0.6) is 11.5 Å². The molecule has 2 N–H and O–H groups in total. The molecule has 7 heteroatoms. The van der Waals surface area contributed by atoms with Crippen LogP contribution in [0.25, 0.3) is 0 Å². The van der Waals surface area contributed by atoms with E-state index in [2.05, 4.69) is 9.97 Å². The Labute approximate surface area is 127 Å². The maximum atomic E-state index is 12.4. The first kappa shape index (κ1) is 14.1. The molecule has 7 nitrogen and oxygen atoms in total. The maximum absolute atomic E-state index is 12.4. The van der Waals surface area contributed by atoms with Crippen molar-refractivity contribution in [1.29, 1.82) is 0 Å². The Kier molecular flexibility index (Phi) is 3.78. The lowest BCUT2D eigenvalue weighted by molar-refractivity contribution is 0.0746. The predicted molar refractivity (Wildman–Crippen MR) is 79.9 cm³/mol. The van der Waals surface area contributed by atoms with Gasteiger partial charge in [0.1, 0.15) is 0 Å². The van der Waals surface area contributed by atoms with Crippen LogP contribution in [-0.2, 0) is 0 Å². The van der Waals surface area contributed by atoms with E-state index in [1.807, 2.05) is 4.90 Å². The van der Waals surface area contributed by atoms with Crippen molar-refractivity contribution in [3.05, 3.63) is 42.2 Å². The third-order valence-electron chi connectivity index (χ3n) is 3.62. The normalized spacial score (nSPS) is 14.9. The number of anilines is 1. The molecule has 0 unspecified atom stereocenters. The molecule has 1 aliphatic rings. The zero-order chi connectivity index (χ0) is 15.5. The Morgan fingerprint density at radius 3 is 2.32 bits per heavy atom. The molecular formula is C15H16N4O3. The van der Waals surface area contributed by atoms with Crippen LogP contribution >= 0.6 is 0 Å². The van der Waals surface area contributed by atoms with Crippen LogP contribution in [-0.4, -0.2) is 57.2 Å². The monoisotopic (exact) mass is 300 g/mol. The average molecular weight is 300 g/mol. The minimum absolute atomic E-state index is 0.163. The third-order valence-corrected chi connectivity index (χ3v) is 3.62. The molecule has 0 radical (unpaired) electrons. The summed E-state index contributed by atoms with van der Waals surface area (Å²) in [5.74, 6) is -0.0226. The summed E-state index contributed by atoms with van der Waals surface area (Å²) < 4.78 is 0. The number of carbonyl (C=O) groups is 1. The zero-order valence-corrected chi connectivity index (χ0v) is 11.9. The molecule has 0 aliphatic carbocycles. The number of aromatic hydroxyl groups is 2. The summed E-state index contributed by atoms with van der Waals surface area (Å²) in [6.07, 6.45) is 3.39. The van der Waals surface area contributed by atoms with Crippen molar-refractivity contribution < 1.29 is 15.0 Å². The summed E-state index contributed by atoms with van der Waals surface area (Å²) in [4.78, 5) is 24.5. The Morgan fingerprint density at radius 1 is 1.00 bits per heavy atom. The van der Waals surface area contributed by atoms with E-state index in [9.17, 15) is 15.0 Å². The van der Waals surface area contributed by atoms with Crippen molar-refractivity contribution in [2.24, 2.45) is 0 Å². The highest BCUT2D eigenvalue weighted by Crippen LogP contribution is 2.25. The summed E-state index contributed by atoms with van der Waals surface area (Å²) in [5, 5.41) is 18.8. The molecule has 22 heavy (non-hydrogen) atoms. The topological polar surface area (TPSA) is 89.8 Å². The molecular weight excluding hydrogens is 284 g/mol. The summed E-state index contributed by atoms with van der Waals surface area (Å²) in [6, 6.07) is 5.87. The van der Waals surface area contributed by atoms with Gasteiger partial charge in [0, 0.05) is 44.1 Å². The Hall–Kier alpha value is -2.83. The minimum Gasteiger partial charge on any atom is -0.504 e. The van der Waals surface area contributed by atoms with Crippen molar-refractivity contribution in [2.45, 2.75) is 0 Å². The van der Waals surface area contributed by atoms with E-state index in [1.54, 1.807) is 23.4 Å². The van der Waals surface area contributed by atoms with E-state index in [0.29, 0.717) is 37.7 Å². The van der Waals surface area contributed by atoms with Crippen LogP contribution in [0.3, 0.4) is 0 Å². The first-order valence-corrected chi connectivity index (χ1v) is 6.98. The van der Waals surface area contributed by atoms with Crippen molar-refractivity contribution in [2.75, 3.05) is 31.1 Å². The molecule has 1 fully saturated rings. The third kappa shape index (κ3) is 2.78. The SMILES string of the molecule is O=C(c1ccc(O)c(O)c1)N1CCN(c2ncccn2)CC1. The second kappa shape index (κ2) is 5.88. The number of nitrogens with zero attached hydrogens (tertiary/aromatic N) is 4. The second-order valence-corrected chi connectivity index (χ2v) is 5.03. The van der Waals surface area contributed by atoms with Gasteiger partial charge in [0.25, 0.3) is 5.91 Å². The van der Waals surface area contributed by atoms with E-state index in [1.165, 1.54) is 18.2 Å². The zero-order valence-electron chi connectivity index (χ0n) is 11.9. The van der Waals surface area contributed by atoms with Gasteiger partial charge in [0.2, 0.25) is 5.95 Å². The summed E-state index contributed by atoms with van der Waals surface area (Å²) in [7, 11) is 0. The van der Waals surface area contributed by atoms with Crippen LogP contribution in [0.15, 0.2) is 36.7 Å². The largest absolute Gasteiger partial charge is 0.504 e. The lowest BCUT2D eigenvalue weighted by atomic mass is 10.1. The van der Waals surface area contributed by atoms with Gasteiger partial charge in [-0.15, -0.1) is 0 Å². The van der Waals surface area contributed by atoms with Crippen molar-refractivity contribution in [3.8, 4) is 11.5 Å². The van der Waals surface area contributed by atoms with Gasteiger partial charge in [-0.3, -0.25) is 4.79 Å². The van der Waals surface area contributed by atoms with E-state index in [4.69, 9.17) is 0 Å². The van der Waals surface area contributed by atoms with E-state index in [-0.39, 0.29) is 17.4 Å². The molecule has 0 bridgehead atoms. The van der Waals surface area contributed by atoms with E-state index < -0.39 is 0 Å². The van der Waals surface area contributed by atoms with Crippen LogP contribution in [0.4, 0.5) is 5.95 Å². The number of carbonyl (C=O) groups excluding carboxylic acids is 1. The van der Waals surface area contributed by atoms with Crippen molar-refractivity contribution in [1.82, 2.24) is 14.9 Å². The Bertz CT molecular complexity index is 670. The van der Waals surface area contributed by atoms with Crippen LogP contribution in [0.2, 0.25) is 0 Å². The lowest BCUT2D eigenvalue weighted by Gasteiger charge is -2.34. The molecule has 0 spiro atoms. The van der Waals surface area contributed by atoms with Crippen molar-refractivity contribution >= 4 is 11.9 Å².